The zero-order valence-corrected chi connectivity index (χ0v) is 21.2. The number of carbonyl (C=O) groups excluding carboxylic acids is 1. The molecule has 1 N–H and O–H groups in total. The molecule has 35 heavy (non-hydrogen) atoms. The van der Waals surface area contributed by atoms with E-state index in [-0.39, 0.29) is 29.6 Å². The standard InChI is InChI=1S/C27H30N2O5S/c1-27(2,3)22-10-12-23(13-11-22)35(31,32)28-16-19-5-8-21(9-6-19)26(30)29(4)17-20-7-14-24-25(15-20)34-18-33-24/h5-15,28H,16-18H2,1-4H3. The highest BCUT2D eigenvalue weighted by Gasteiger charge is 2.19. The lowest BCUT2D eigenvalue weighted by Gasteiger charge is -2.19. The first-order valence-electron chi connectivity index (χ1n) is 11.4. The number of carbonyl (C=O) groups is 1. The molecule has 0 unspecified atom stereocenters. The number of benzene rings is 3. The van der Waals surface area contributed by atoms with Gasteiger partial charge in [-0.1, -0.05) is 51.1 Å². The lowest BCUT2D eigenvalue weighted by Crippen LogP contribution is -2.26. The fourth-order valence-electron chi connectivity index (χ4n) is 3.77. The van der Waals surface area contributed by atoms with Gasteiger partial charge >= 0.3 is 0 Å². The van der Waals surface area contributed by atoms with E-state index in [2.05, 4.69) is 25.5 Å². The SMILES string of the molecule is CN(Cc1ccc2c(c1)OCO2)C(=O)c1ccc(CNS(=O)(=O)c2ccc(C(C)(C)C)cc2)cc1. The molecule has 0 bridgehead atoms. The van der Waals surface area contributed by atoms with Crippen molar-refractivity contribution >= 4 is 15.9 Å². The van der Waals surface area contributed by atoms with Gasteiger partial charge in [-0.05, 0) is 58.5 Å². The smallest absolute Gasteiger partial charge is 0.253 e. The van der Waals surface area contributed by atoms with Gasteiger partial charge in [0.2, 0.25) is 16.8 Å². The van der Waals surface area contributed by atoms with E-state index in [4.69, 9.17) is 9.47 Å². The van der Waals surface area contributed by atoms with Crippen LogP contribution in [-0.4, -0.2) is 33.1 Å². The quantitative estimate of drug-likeness (QED) is 0.524. The van der Waals surface area contributed by atoms with Crippen molar-refractivity contribution in [1.29, 1.82) is 0 Å². The van der Waals surface area contributed by atoms with Crippen molar-refractivity contribution in [3.8, 4) is 11.5 Å². The van der Waals surface area contributed by atoms with Crippen LogP contribution in [0.3, 0.4) is 0 Å². The van der Waals surface area contributed by atoms with Crippen LogP contribution in [0.5, 0.6) is 11.5 Å². The molecule has 0 radical (unpaired) electrons. The van der Waals surface area contributed by atoms with Gasteiger partial charge in [0.15, 0.2) is 11.5 Å². The molecule has 1 aliphatic rings. The van der Waals surface area contributed by atoms with Gasteiger partial charge in [0, 0.05) is 25.7 Å². The Bertz CT molecular complexity index is 1310. The van der Waals surface area contributed by atoms with Gasteiger partial charge in [-0.25, -0.2) is 13.1 Å². The molecule has 3 aromatic carbocycles. The highest BCUT2D eigenvalue weighted by atomic mass is 32.2. The van der Waals surface area contributed by atoms with Crippen LogP contribution >= 0.6 is 0 Å². The highest BCUT2D eigenvalue weighted by molar-refractivity contribution is 7.89. The van der Waals surface area contributed by atoms with Gasteiger partial charge in [0.25, 0.3) is 5.91 Å². The molecule has 0 aliphatic carbocycles. The number of nitrogens with zero attached hydrogens (tertiary/aromatic N) is 1. The van der Waals surface area contributed by atoms with E-state index < -0.39 is 10.0 Å². The van der Waals surface area contributed by atoms with Gasteiger partial charge in [-0.3, -0.25) is 4.79 Å². The normalized spacial score (nSPS) is 13.0. The van der Waals surface area contributed by atoms with Gasteiger partial charge in [0.05, 0.1) is 4.90 Å². The number of amides is 1. The Hall–Kier alpha value is -3.36. The first kappa shape index (κ1) is 24.8. The first-order valence-corrected chi connectivity index (χ1v) is 12.8. The Labute approximate surface area is 206 Å². The second kappa shape index (κ2) is 9.71. The van der Waals surface area contributed by atoms with E-state index in [1.165, 1.54) is 0 Å². The van der Waals surface area contributed by atoms with Crippen molar-refractivity contribution < 1.29 is 22.7 Å². The molecule has 0 atom stereocenters. The molecule has 184 valence electrons. The third-order valence-corrected chi connectivity index (χ3v) is 7.32. The Morgan fingerprint density at radius 2 is 1.54 bits per heavy atom. The second-order valence-corrected chi connectivity index (χ2v) is 11.4. The van der Waals surface area contributed by atoms with Crippen molar-refractivity contribution in [3.63, 3.8) is 0 Å². The number of hydrogen-bond donors (Lipinski definition) is 1. The van der Waals surface area contributed by atoms with Crippen LogP contribution in [0.25, 0.3) is 0 Å². The summed E-state index contributed by atoms with van der Waals surface area (Å²) in [6.07, 6.45) is 0. The van der Waals surface area contributed by atoms with Crippen molar-refractivity contribution in [3.05, 3.63) is 89.0 Å². The molecular formula is C27H30N2O5S. The van der Waals surface area contributed by atoms with Crippen LogP contribution in [0.15, 0.2) is 71.6 Å². The van der Waals surface area contributed by atoms with Gasteiger partial charge < -0.3 is 14.4 Å². The average molecular weight is 495 g/mol. The summed E-state index contributed by atoms with van der Waals surface area (Å²) in [5, 5.41) is 0. The fraction of sp³-hybridized carbons (Fsp3) is 0.296. The third-order valence-electron chi connectivity index (χ3n) is 5.90. The van der Waals surface area contributed by atoms with Crippen LogP contribution in [-0.2, 0) is 28.5 Å². The molecule has 0 fully saturated rings. The summed E-state index contributed by atoms with van der Waals surface area (Å²) in [7, 11) is -1.91. The van der Waals surface area contributed by atoms with E-state index in [1.54, 1.807) is 48.3 Å². The fourth-order valence-corrected chi connectivity index (χ4v) is 4.78. The average Bonchev–Trinajstić information content (AvgIpc) is 3.30. The lowest BCUT2D eigenvalue weighted by atomic mass is 9.87. The summed E-state index contributed by atoms with van der Waals surface area (Å²) < 4.78 is 38.7. The molecule has 4 rings (SSSR count). The molecule has 3 aromatic rings. The van der Waals surface area contributed by atoms with Gasteiger partial charge in [0.1, 0.15) is 0 Å². The number of ether oxygens (including phenoxy) is 2. The lowest BCUT2D eigenvalue weighted by molar-refractivity contribution is 0.0785. The molecule has 0 saturated carbocycles. The monoisotopic (exact) mass is 494 g/mol. The zero-order valence-electron chi connectivity index (χ0n) is 20.4. The van der Waals surface area contributed by atoms with Crippen LogP contribution in [0, 0.1) is 0 Å². The maximum absolute atomic E-state index is 12.9. The molecular weight excluding hydrogens is 464 g/mol. The summed E-state index contributed by atoms with van der Waals surface area (Å²) in [5.74, 6) is 1.25. The molecule has 7 nitrogen and oxygen atoms in total. The summed E-state index contributed by atoms with van der Waals surface area (Å²) in [6, 6.07) is 19.5. The largest absolute Gasteiger partial charge is 0.454 e. The summed E-state index contributed by atoms with van der Waals surface area (Å²) in [6.45, 7) is 7.00. The van der Waals surface area contributed by atoms with Crippen molar-refractivity contribution in [2.45, 2.75) is 44.2 Å². The minimum atomic E-state index is -3.64. The number of rotatable bonds is 7. The summed E-state index contributed by atoms with van der Waals surface area (Å²) in [4.78, 5) is 14.7. The maximum Gasteiger partial charge on any atom is 0.253 e. The van der Waals surface area contributed by atoms with E-state index >= 15 is 0 Å². The van der Waals surface area contributed by atoms with Crippen molar-refractivity contribution in [2.75, 3.05) is 13.8 Å². The minimum Gasteiger partial charge on any atom is -0.454 e. The molecule has 1 amide bonds. The van der Waals surface area contributed by atoms with Crippen molar-refractivity contribution in [1.82, 2.24) is 9.62 Å². The Balaban J connectivity index is 1.35. The van der Waals surface area contributed by atoms with Crippen LogP contribution in [0.4, 0.5) is 0 Å². The Morgan fingerprint density at radius 1 is 0.914 bits per heavy atom. The van der Waals surface area contributed by atoms with E-state index in [9.17, 15) is 13.2 Å². The van der Waals surface area contributed by atoms with Crippen LogP contribution in [0.2, 0.25) is 0 Å². The Morgan fingerprint density at radius 3 is 2.20 bits per heavy atom. The Kier molecular flexibility index (Phi) is 6.87. The highest BCUT2D eigenvalue weighted by Crippen LogP contribution is 2.32. The maximum atomic E-state index is 12.9. The minimum absolute atomic E-state index is 0.0482. The van der Waals surface area contributed by atoms with E-state index in [1.807, 2.05) is 30.3 Å². The van der Waals surface area contributed by atoms with Gasteiger partial charge in [-0.2, -0.15) is 0 Å². The molecule has 1 aliphatic heterocycles. The predicted molar refractivity (Wildman–Crippen MR) is 134 cm³/mol. The van der Waals surface area contributed by atoms with Gasteiger partial charge in [-0.15, -0.1) is 0 Å². The first-order chi connectivity index (χ1) is 16.5. The van der Waals surface area contributed by atoms with E-state index in [0.717, 1.165) is 16.7 Å². The zero-order chi connectivity index (χ0) is 25.2. The topological polar surface area (TPSA) is 84.9 Å². The number of nitrogens with one attached hydrogen (secondary N) is 1. The molecule has 1 heterocycles. The summed E-state index contributed by atoms with van der Waals surface area (Å²) >= 11 is 0. The number of sulfonamides is 1. The third kappa shape index (κ3) is 5.83. The summed E-state index contributed by atoms with van der Waals surface area (Å²) in [5.41, 5.74) is 3.24. The molecule has 0 saturated heterocycles. The van der Waals surface area contributed by atoms with Crippen molar-refractivity contribution in [2.24, 2.45) is 0 Å². The predicted octanol–water partition coefficient (Wildman–Crippen LogP) is 4.46. The van der Waals surface area contributed by atoms with E-state index in [0.29, 0.717) is 23.6 Å². The van der Waals surface area contributed by atoms with Crippen LogP contribution in [0.1, 0.15) is 47.8 Å². The molecule has 8 heteroatoms. The second-order valence-electron chi connectivity index (χ2n) is 9.64. The number of fused-ring (bicyclic) bond motifs is 1. The van der Waals surface area contributed by atoms with Crippen LogP contribution < -0.4 is 14.2 Å². The number of hydrogen-bond acceptors (Lipinski definition) is 5. The molecule has 0 spiro atoms. The molecule has 0 aromatic heterocycles.